The fraction of sp³-hybridized carbons (Fsp3) is 0.143. The average Bonchev–Trinajstić information content (AvgIpc) is 2.49. The standard InChI is InChI=1S/C14H12ClFN2O4/c1-22-13-5-8(4-12(14(13)19)18(20)21)7-17-9-2-3-11(16)10(15)6-9/h2-6,17,19H,7H2,1H3/p-1. The third kappa shape index (κ3) is 3.37. The van der Waals surface area contributed by atoms with Gasteiger partial charge in [0, 0.05) is 24.0 Å². The van der Waals surface area contributed by atoms with Crippen molar-refractivity contribution in [3.05, 3.63) is 56.8 Å². The highest BCUT2D eigenvalue weighted by atomic mass is 35.5. The van der Waals surface area contributed by atoms with E-state index in [1.807, 2.05) is 0 Å². The Kier molecular flexibility index (Phi) is 4.67. The van der Waals surface area contributed by atoms with Gasteiger partial charge in [-0.1, -0.05) is 11.6 Å². The molecule has 0 aliphatic rings. The summed E-state index contributed by atoms with van der Waals surface area (Å²) in [6.45, 7) is 0.180. The van der Waals surface area contributed by atoms with Crippen molar-refractivity contribution in [3.8, 4) is 11.5 Å². The molecule has 2 aromatic rings. The van der Waals surface area contributed by atoms with Crippen LogP contribution in [0.3, 0.4) is 0 Å². The van der Waals surface area contributed by atoms with Gasteiger partial charge in [-0.3, -0.25) is 10.1 Å². The molecule has 22 heavy (non-hydrogen) atoms. The molecule has 0 unspecified atom stereocenters. The van der Waals surface area contributed by atoms with E-state index in [1.54, 1.807) is 0 Å². The van der Waals surface area contributed by atoms with Gasteiger partial charge < -0.3 is 15.2 Å². The third-order valence-corrected chi connectivity index (χ3v) is 3.22. The number of hydrogen-bond acceptors (Lipinski definition) is 5. The van der Waals surface area contributed by atoms with Crippen molar-refractivity contribution in [2.24, 2.45) is 0 Å². The number of benzene rings is 2. The van der Waals surface area contributed by atoms with Gasteiger partial charge in [0.05, 0.1) is 17.1 Å². The second kappa shape index (κ2) is 6.48. The van der Waals surface area contributed by atoms with E-state index in [9.17, 15) is 19.6 Å². The van der Waals surface area contributed by atoms with Crippen molar-refractivity contribution < 1.29 is 19.2 Å². The van der Waals surface area contributed by atoms with Crippen LogP contribution in [0.4, 0.5) is 15.8 Å². The number of nitrogens with zero attached hydrogens (tertiary/aromatic N) is 1. The van der Waals surface area contributed by atoms with Crippen molar-refractivity contribution in [2.45, 2.75) is 6.54 Å². The fourth-order valence-corrected chi connectivity index (χ4v) is 2.02. The Hall–Kier alpha value is -2.54. The number of methoxy groups -OCH3 is 1. The maximum atomic E-state index is 13.1. The van der Waals surface area contributed by atoms with E-state index in [-0.39, 0.29) is 17.3 Å². The second-order valence-electron chi connectivity index (χ2n) is 4.39. The van der Waals surface area contributed by atoms with E-state index in [4.69, 9.17) is 16.3 Å². The van der Waals surface area contributed by atoms with Gasteiger partial charge in [-0.05, 0) is 29.8 Å². The molecule has 0 aliphatic heterocycles. The molecule has 0 radical (unpaired) electrons. The zero-order chi connectivity index (χ0) is 16.3. The van der Waals surface area contributed by atoms with Crippen molar-refractivity contribution in [1.82, 2.24) is 0 Å². The number of halogens is 2. The Morgan fingerprint density at radius 2 is 2.09 bits per heavy atom. The lowest BCUT2D eigenvalue weighted by atomic mass is 10.1. The highest BCUT2D eigenvalue weighted by molar-refractivity contribution is 6.31. The Bertz CT molecular complexity index is 724. The minimum atomic E-state index is -0.777. The molecule has 8 heteroatoms. The molecule has 1 N–H and O–H groups in total. The maximum absolute atomic E-state index is 13.1. The van der Waals surface area contributed by atoms with Crippen LogP contribution in [0.5, 0.6) is 11.5 Å². The van der Waals surface area contributed by atoms with Crippen LogP contribution >= 0.6 is 11.6 Å². The molecule has 0 spiro atoms. The highest BCUT2D eigenvalue weighted by Gasteiger charge is 2.13. The van der Waals surface area contributed by atoms with Crippen molar-refractivity contribution in [2.75, 3.05) is 12.4 Å². The molecule has 0 aliphatic carbocycles. The molecular weight excluding hydrogens is 315 g/mol. The molecule has 0 heterocycles. The summed E-state index contributed by atoms with van der Waals surface area (Å²) >= 11 is 5.67. The van der Waals surface area contributed by atoms with Crippen LogP contribution in [0.15, 0.2) is 30.3 Å². The molecule has 116 valence electrons. The van der Waals surface area contributed by atoms with Gasteiger partial charge in [-0.15, -0.1) is 0 Å². The van der Waals surface area contributed by atoms with E-state index in [0.717, 1.165) is 0 Å². The first-order chi connectivity index (χ1) is 10.4. The van der Waals surface area contributed by atoms with E-state index >= 15 is 0 Å². The summed E-state index contributed by atoms with van der Waals surface area (Å²) in [6, 6.07) is 6.66. The smallest absolute Gasteiger partial charge is 0.265 e. The van der Waals surface area contributed by atoms with Gasteiger partial charge >= 0.3 is 0 Å². The molecule has 6 nitrogen and oxygen atoms in total. The minimum absolute atomic E-state index is 0.0385. The molecule has 2 rings (SSSR count). The molecule has 0 amide bonds. The first kappa shape index (κ1) is 15.8. The highest BCUT2D eigenvalue weighted by Crippen LogP contribution is 2.34. The summed E-state index contributed by atoms with van der Waals surface area (Å²) in [5, 5.41) is 25.5. The minimum Gasteiger partial charge on any atom is -0.865 e. The lowest BCUT2D eigenvalue weighted by Gasteiger charge is -2.15. The van der Waals surface area contributed by atoms with Gasteiger partial charge in [0.15, 0.2) is 0 Å². The largest absolute Gasteiger partial charge is 0.865 e. The first-order valence-electron chi connectivity index (χ1n) is 6.13. The SMILES string of the molecule is COc1cc(CNc2ccc(F)c(Cl)c2)cc([N+](=O)[O-])c1[O-]. The molecule has 0 fully saturated rings. The van der Waals surface area contributed by atoms with Gasteiger partial charge in [-0.2, -0.15) is 0 Å². The summed E-state index contributed by atoms with van der Waals surface area (Å²) in [7, 11) is 1.26. The molecule has 2 aromatic carbocycles. The average molecular weight is 326 g/mol. The van der Waals surface area contributed by atoms with Crippen LogP contribution in [0.1, 0.15) is 5.56 Å². The number of anilines is 1. The van der Waals surface area contributed by atoms with Crippen molar-refractivity contribution >= 4 is 23.0 Å². The van der Waals surface area contributed by atoms with E-state index in [2.05, 4.69) is 5.32 Å². The number of hydrogen-bond donors (Lipinski definition) is 1. The van der Waals surface area contributed by atoms with E-state index in [1.165, 1.54) is 37.4 Å². The fourth-order valence-electron chi connectivity index (χ4n) is 1.84. The summed E-state index contributed by atoms with van der Waals surface area (Å²) < 4.78 is 17.9. The van der Waals surface area contributed by atoms with E-state index in [0.29, 0.717) is 11.3 Å². The first-order valence-corrected chi connectivity index (χ1v) is 6.51. The maximum Gasteiger partial charge on any atom is 0.265 e. The second-order valence-corrected chi connectivity index (χ2v) is 4.79. The molecule has 0 aromatic heterocycles. The predicted molar refractivity (Wildman–Crippen MR) is 77.8 cm³/mol. The van der Waals surface area contributed by atoms with Crippen molar-refractivity contribution in [1.29, 1.82) is 0 Å². The molecule has 0 saturated carbocycles. The Balaban J connectivity index is 2.23. The van der Waals surface area contributed by atoms with Crippen LogP contribution < -0.4 is 15.2 Å². The molecule has 0 bridgehead atoms. The van der Waals surface area contributed by atoms with Gasteiger partial charge in [0.25, 0.3) is 5.69 Å². The zero-order valence-electron chi connectivity index (χ0n) is 11.4. The monoisotopic (exact) mass is 325 g/mol. The van der Waals surface area contributed by atoms with Crippen LogP contribution in [0.2, 0.25) is 5.02 Å². The summed E-state index contributed by atoms with van der Waals surface area (Å²) in [4.78, 5) is 10.1. The molecule has 0 atom stereocenters. The number of nitro benzene ring substituents is 1. The van der Waals surface area contributed by atoms with Gasteiger partial charge in [0.1, 0.15) is 11.6 Å². The summed E-state index contributed by atoms with van der Waals surface area (Å²) in [6.07, 6.45) is 0. The lowest BCUT2D eigenvalue weighted by Crippen LogP contribution is -2.05. The van der Waals surface area contributed by atoms with Gasteiger partial charge in [-0.25, -0.2) is 4.39 Å². The Morgan fingerprint density at radius 3 is 2.68 bits per heavy atom. The number of nitrogens with one attached hydrogen (secondary N) is 1. The van der Waals surface area contributed by atoms with Crippen LogP contribution in [-0.2, 0) is 6.54 Å². The third-order valence-electron chi connectivity index (χ3n) is 2.93. The Labute approximate surface area is 130 Å². The lowest BCUT2D eigenvalue weighted by molar-refractivity contribution is -0.398. The molecule has 0 saturated heterocycles. The van der Waals surface area contributed by atoms with Crippen LogP contribution in [-0.4, -0.2) is 12.0 Å². The van der Waals surface area contributed by atoms with Gasteiger partial charge in [0.2, 0.25) is 0 Å². The normalized spacial score (nSPS) is 10.3. The van der Waals surface area contributed by atoms with Crippen LogP contribution in [0, 0.1) is 15.9 Å². The quantitative estimate of drug-likeness (QED) is 0.674. The number of ether oxygens (including phenoxy) is 1. The summed E-state index contributed by atoms with van der Waals surface area (Å²) in [5.74, 6) is -1.43. The zero-order valence-corrected chi connectivity index (χ0v) is 12.2. The number of nitro groups is 1. The predicted octanol–water partition coefficient (Wildman–Crippen LogP) is 3.08. The van der Waals surface area contributed by atoms with Crippen molar-refractivity contribution in [3.63, 3.8) is 0 Å². The van der Waals surface area contributed by atoms with Crippen LogP contribution in [0.25, 0.3) is 0 Å². The molecular formula is C14H11ClFN2O4-. The van der Waals surface area contributed by atoms with E-state index < -0.39 is 22.2 Å². The summed E-state index contributed by atoms with van der Waals surface area (Å²) in [5.41, 5.74) is 0.455. The number of rotatable bonds is 5. The topological polar surface area (TPSA) is 87.5 Å². The Morgan fingerprint density at radius 1 is 1.36 bits per heavy atom.